The first-order valence-electron chi connectivity index (χ1n) is 9.45. The molecule has 0 amide bonds. The molecular weight excluding hydrogens is 350 g/mol. The molecule has 27 heavy (non-hydrogen) atoms. The van der Waals surface area contributed by atoms with Gasteiger partial charge in [-0.15, -0.1) is 0 Å². The zero-order valence-electron chi connectivity index (χ0n) is 16.9. The van der Waals surface area contributed by atoms with Gasteiger partial charge < -0.3 is 24.3 Å². The fourth-order valence-electron chi connectivity index (χ4n) is 2.02. The minimum Gasteiger partial charge on any atom is -0.377 e. The molecule has 1 heterocycles. The van der Waals surface area contributed by atoms with E-state index >= 15 is 0 Å². The van der Waals surface area contributed by atoms with Crippen LogP contribution >= 0.6 is 0 Å². The normalized spacial score (nSPS) is 11.3. The lowest BCUT2D eigenvalue weighted by molar-refractivity contribution is -0.0110. The second kappa shape index (κ2) is 14.4. The van der Waals surface area contributed by atoms with E-state index in [2.05, 4.69) is 15.3 Å². The maximum atomic E-state index is 11.9. The lowest BCUT2D eigenvalue weighted by Crippen LogP contribution is -2.16. The summed E-state index contributed by atoms with van der Waals surface area (Å²) in [5.41, 5.74) is 0.426. The van der Waals surface area contributed by atoms with Crippen molar-refractivity contribution in [3.05, 3.63) is 18.1 Å². The number of hydrogen-bond donors (Lipinski definition) is 1. The maximum absolute atomic E-state index is 11.9. The van der Waals surface area contributed by atoms with E-state index in [4.69, 9.17) is 18.9 Å². The Bertz CT molecular complexity index is 526. The number of Topliss-reactive ketones (excluding diaryl/α,β-unsaturated/α-hetero) is 1. The predicted molar refractivity (Wildman–Crippen MR) is 103 cm³/mol. The third-order valence-corrected chi connectivity index (χ3v) is 3.42. The summed E-state index contributed by atoms with van der Waals surface area (Å²) >= 11 is 0. The number of nitrogens with one attached hydrogen (secondary N) is 1. The summed E-state index contributed by atoms with van der Waals surface area (Å²) in [4.78, 5) is 20.0. The molecule has 8 heteroatoms. The fourth-order valence-corrected chi connectivity index (χ4v) is 2.02. The molecular formula is C19H33N3O5. The van der Waals surface area contributed by atoms with Gasteiger partial charge in [-0.1, -0.05) is 13.8 Å². The van der Waals surface area contributed by atoms with Crippen LogP contribution in [0.25, 0.3) is 0 Å². The molecule has 1 aromatic heterocycles. The van der Waals surface area contributed by atoms with Crippen molar-refractivity contribution in [2.45, 2.75) is 33.8 Å². The van der Waals surface area contributed by atoms with Crippen molar-refractivity contribution in [3.63, 3.8) is 0 Å². The van der Waals surface area contributed by atoms with Gasteiger partial charge in [0.1, 0.15) is 17.8 Å². The van der Waals surface area contributed by atoms with Crippen LogP contribution in [0.3, 0.4) is 0 Å². The number of nitrogens with zero attached hydrogens (tertiary/aromatic N) is 2. The van der Waals surface area contributed by atoms with Gasteiger partial charge in [-0.25, -0.2) is 9.97 Å². The number of aromatic nitrogens is 2. The molecule has 1 aromatic rings. The molecule has 0 radical (unpaired) electrons. The molecule has 0 spiro atoms. The smallest absolute Gasteiger partial charge is 0.183 e. The van der Waals surface area contributed by atoms with E-state index in [1.807, 2.05) is 27.7 Å². The van der Waals surface area contributed by atoms with Crippen LogP contribution in [0.1, 0.15) is 38.2 Å². The molecule has 0 unspecified atom stereocenters. The van der Waals surface area contributed by atoms with Crippen LogP contribution < -0.4 is 5.32 Å². The minimum atomic E-state index is -0.0881. The quantitative estimate of drug-likeness (QED) is 0.343. The fraction of sp³-hybridized carbons (Fsp3) is 0.737. The number of rotatable bonds is 16. The second-order valence-corrected chi connectivity index (χ2v) is 6.49. The standard InChI is InChI=1S/C19H33N3O5/c1-15(2)19(23)17-13-18(22-14-21-17)20-5-6-24-7-8-25-9-10-26-11-12-27-16(3)4/h13-16H,5-12H2,1-4H3,(H,20,21,22). The lowest BCUT2D eigenvalue weighted by Gasteiger charge is -2.09. The van der Waals surface area contributed by atoms with Gasteiger partial charge in [-0.2, -0.15) is 0 Å². The molecule has 0 fully saturated rings. The van der Waals surface area contributed by atoms with Crippen molar-refractivity contribution < 1.29 is 23.7 Å². The number of anilines is 1. The Morgan fingerprint density at radius 3 is 2.11 bits per heavy atom. The molecule has 0 saturated heterocycles. The van der Waals surface area contributed by atoms with E-state index in [1.54, 1.807) is 6.07 Å². The van der Waals surface area contributed by atoms with E-state index in [0.29, 0.717) is 64.3 Å². The van der Waals surface area contributed by atoms with Crippen molar-refractivity contribution in [1.82, 2.24) is 9.97 Å². The van der Waals surface area contributed by atoms with Crippen LogP contribution in [-0.4, -0.2) is 74.6 Å². The number of carbonyl (C=O) groups is 1. The monoisotopic (exact) mass is 383 g/mol. The van der Waals surface area contributed by atoms with Gasteiger partial charge in [0.05, 0.1) is 52.4 Å². The predicted octanol–water partition coefficient (Wildman–Crippen LogP) is 2.20. The third-order valence-electron chi connectivity index (χ3n) is 3.42. The van der Waals surface area contributed by atoms with Crippen molar-refractivity contribution in [3.8, 4) is 0 Å². The zero-order valence-corrected chi connectivity index (χ0v) is 16.9. The Balaban J connectivity index is 1.97. The Labute approximate surface area is 162 Å². The lowest BCUT2D eigenvalue weighted by atomic mass is 10.1. The highest BCUT2D eigenvalue weighted by Crippen LogP contribution is 2.09. The molecule has 0 aliphatic carbocycles. The van der Waals surface area contributed by atoms with Gasteiger partial charge in [-0.3, -0.25) is 4.79 Å². The van der Waals surface area contributed by atoms with Gasteiger partial charge in [0.25, 0.3) is 0 Å². The summed E-state index contributed by atoms with van der Waals surface area (Å²) < 4.78 is 21.7. The summed E-state index contributed by atoms with van der Waals surface area (Å²) in [6.45, 7) is 12.1. The van der Waals surface area contributed by atoms with Crippen molar-refractivity contribution in [2.75, 3.05) is 58.1 Å². The van der Waals surface area contributed by atoms with E-state index in [-0.39, 0.29) is 17.8 Å². The van der Waals surface area contributed by atoms with Crippen LogP contribution in [-0.2, 0) is 18.9 Å². The summed E-state index contributed by atoms with van der Waals surface area (Å²) in [6.07, 6.45) is 1.62. The zero-order chi connectivity index (χ0) is 19.9. The molecule has 0 saturated carbocycles. The molecule has 0 aromatic carbocycles. The topological polar surface area (TPSA) is 91.8 Å². The number of carbonyl (C=O) groups excluding carboxylic acids is 1. The molecule has 1 rings (SSSR count). The molecule has 154 valence electrons. The van der Waals surface area contributed by atoms with Gasteiger partial charge in [0, 0.05) is 18.5 Å². The SMILES string of the molecule is CC(C)OCCOCCOCCOCCNc1cc(C(=O)C(C)C)ncn1. The maximum Gasteiger partial charge on any atom is 0.183 e. The summed E-state index contributed by atoms with van der Waals surface area (Å²) in [6, 6.07) is 1.66. The first-order valence-corrected chi connectivity index (χ1v) is 9.45. The van der Waals surface area contributed by atoms with E-state index < -0.39 is 0 Å². The minimum absolute atomic E-state index is 0.00489. The van der Waals surface area contributed by atoms with Crippen LogP contribution in [0.5, 0.6) is 0 Å². The number of hydrogen-bond acceptors (Lipinski definition) is 8. The Morgan fingerprint density at radius 1 is 0.926 bits per heavy atom. The van der Waals surface area contributed by atoms with Gasteiger partial charge in [0.2, 0.25) is 0 Å². The highest BCUT2D eigenvalue weighted by Gasteiger charge is 2.12. The van der Waals surface area contributed by atoms with E-state index in [9.17, 15) is 4.79 Å². The summed E-state index contributed by atoms with van der Waals surface area (Å²) in [5, 5.41) is 3.12. The second-order valence-electron chi connectivity index (χ2n) is 6.49. The van der Waals surface area contributed by atoms with Gasteiger partial charge in [-0.05, 0) is 13.8 Å². The van der Waals surface area contributed by atoms with E-state index in [0.717, 1.165) is 0 Å². The first-order chi connectivity index (χ1) is 13.0. The highest BCUT2D eigenvalue weighted by molar-refractivity contribution is 5.96. The third kappa shape index (κ3) is 11.7. The van der Waals surface area contributed by atoms with E-state index in [1.165, 1.54) is 6.33 Å². The molecule has 1 N–H and O–H groups in total. The van der Waals surface area contributed by atoms with Crippen LogP contribution in [0, 0.1) is 5.92 Å². The average Bonchev–Trinajstić information content (AvgIpc) is 2.64. The van der Waals surface area contributed by atoms with Crippen molar-refractivity contribution in [2.24, 2.45) is 5.92 Å². The summed E-state index contributed by atoms with van der Waals surface area (Å²) in [7, 11) is 0. The Kier molecular flexibility index (Phi) is 12.5. The largest absolute Gasteiger partial charge is 0.377 e. The molecule has 0 aliphatic heterocycles. The van der Waals surface area contributed by atoms with Crippen molar-refractivity contribution >= 4 is 11.6 Å². The first kappa shape index (κ1) is 23.4. The molecule has 0 aliphatic rings. The van der Waals surface area contributed by atoms with Gasteiger partial charge in [0.15, 0.2) is 5.78 Å². The number of ketones is 1. The Morgan fingerprint density at radius 2 is 1.52 bits per heavy atom. The average molecular weight is 383 g/mol. The summed E-state index contributed by atoms with van der Waals surface area (Å²) in [5.74, 6) is 0.535. The number of ether oxygens (including phenoxy) is 4. The van der Waals surface area contributed by atoms with Crippen LogP contribution in [0.2, 0.25) is 0 Å². The highest BCUT2D eigenvalue weighted by atomic mass is 16.6. The molecule has 0 bridgehead atoms. The molecule has 8 nitrogen and oxygen atoms in total. The van der Waals surface area contributed by atoms with Crippen molar-refractivity contribution in [1.29, 1.82) is 0 Å². The van der Waals surface area contributed by atoms with Crippen LogP contribution in [0.4, 0.5) is 5.82 Å². The molecule has 0 atom stereocenters. The Hall–Kier alpha value is -1.61. The van der Waals surface area contributed by atoms with Crippen LogP contribution in [0.15, 0.2) is 12.4 Å². The van der Waals surface area contributed by atoms with Gasteiger partial charge >= 0.3 is 0 Å².